The van der Waals surface area contributed by atoms with Crippen LogP contribution < -0.4 is 5.32 Å². The van der Waals surface area contributed by atoms with Crippen LogP contribution in [0.1, 0.15) is 26.7 Å². The first-order valence-corrected chi connectivity index (χ1v) is 8.11. The van der Waals surface area contributed by atoms with Crippen molar-refractivity contribution in [2.45, 2.75) is 38.8 Å². The van der Waals surface area contributed by atoms with Crippen LogP contribution in [0.5, 0.6) is 0 Å². The maximum atomic E-state index is 12.1. The van der Waals surface area contributed by atoms with Crippen LogP contribution in [0, 0.1) is 0 Å². The summed E-state index contributed by atoms with van der Waals surface area (Å²) in [5, 5.41) is 2.66. The third kappa shape index (κ3) is 3.69. The van der Waals surface area contributed by atoms with Crippen molar-refractivity contribution in [2.24, 2.45) is 0 Å². The van der Waals surface area contributed by atoms with E-state index in [1.807, 2.05) is 6.92 Å². The molecule has 18 heavy (non-hydrogen) atoms. The van der Waals surface area contributed by atoms with Crippen molar-refractivity contribution in [3.8, 4) is 0 Å². The summed E-state index contributed by atoms with van der Waals surface area (Å²) in [6, 6.07) is -1.12. The summed E-state index contributed by atoms with van der Waals surface area (Å²) < 4.78 is 22.3. The fraction of sp³-hybridized carbons (Fsp3) is 0.818. The second-order valence-corrected chi connectivity index (χ2v) is 6.95. The molecule has 1 saturated heterocycles. The lowest BCUT2D eigenvalue weighted by atomic mass is 10.0. The standard InChI is InChI=1S/C11H20N2O4S/c1-4-5-9-11(15)13(6-7-18(3,16)17)8(2)10(14)12-9/h8-9H,4-7H2,1-3H3,(H,12,14). The number of hydrogen-bond acceptors (Lipinski definition) is 4. The van der Waals surface area contributed by atoms with Gasteiger partial charge in [-0.25, -0.2) is 8.42 Å². The molecule has 0 aromatic heterocycles. The van der Waals surface area contributed by atoms with E-state index in [4.69, 9.17) is 0 Å². The normalized spacial score (nSPS) is 25.2. The summed E-state index contributed by atoms with van der Waals surface area (Å²) in [4.78, 5) is 25.2. The van der Waals surface area contributed by atoms with Gasteiger partial charge in [-0.05, 0) is 13.3 Å². The maximum absolute atomic E-state index is 12.1. The van der Waals surface area contributed by atoms with Gasteiger partial charge >= 0.3 is 0 Å². The van der Waals surface area contributed by atoms with Crippen molar-refractivity contribution in [1.82, 2.24) is 10.2 Å². The summed E-state index contributed by atoms with van der Waals surface area (Å²) in [5.41, 5.74) is 0. The Balaban J connectivity index is 2.78. The molecular formula is C11H20N2O4S. The average Bonchev–Trinajstić information content (AvgIpc) is 2.24. The maximum Gasteiger partial charge on any atom is 0.245 e. The van der Waals surface area contributed by atoms with Gasteiger partial charge in [0.15, 0.2) is 0 Å². The van der Waals surface area contributed by atoms with E-state index in [9.17, 15) is 18.0 Å². The molecular weight excluding hydrogens is 256 g/mol. The predicted molar refractivity (Wildman–Crippen MR) is 67.7 cm³/mol. The van der Waals surface area contributed by atoms with Crippen molar-refractivity contribution in [2.75, 3.05) is 18.6 Å². The molecule has 2 unspecified atom stereocenters. The average molecular weight is 276 g/mol. The van der Waals surface area contributed by atoms with Crippen molar-refractivity contribution in [3.05, 3.63) is 0 Å². The first-order chi connectivity index (χ1) is 8.26. The van der Waals surface area contributed by atoms with Crippen LogP contribution >= 0.6 is 0 Å². The molecule has 1 N–H and O–H groups in total. The SMILES string of the molecule is CCCC1NC(=O)C(C)N(CCS(C)(=O)=O)C1=O. The molecule has 2 atom stereocenters. The van der Waals surface area contributed by atoms with E-state index in [0.29, 0.717) is 6.42 Å². The fourth-order valence-corrected chi connectivity index (χ4v) is 2.47. The number of piperazine rings is 1. The van der Waals surface area contributed by atoms with Gasteiger partial charge in [-0.15, -0.1) is 0 Å². The Kier molecular flexibility index (Phi) is 4.72. The van der Waals surface area contributed by atoms with Gasteiger partial charge in [-0.3, -0.25) is 9.59 Å². The van der Waals surface area contributed by atoms with Gasteiger partial charge < -0.3 is 10.2 Å². The van der Waals surface area contributed by atoms with E-state index >= 15 is 0 Å². The molecule has 1 rings (SSSR count). The molecule has 0 bridgehead atoms. The van der Waals surface area contributed by atoms with Crippen LogP contribution in [0.3, 0.4) is 0 Å². The van der Waals surface area contributed by atoms with Crippen LogP contribution in [0.2, 0.25) is 0 Å². The zero-order valence-electron chi connectivity index (χ0n) is 11.0. The molecule has 0 aromatic rings. The summed E-state index contributed by atoms with van der Waals surface area (Å²) in [7, 11) is -3.14. The Labute approximate surface area is 108 Å². The molecule has 104 valence electrons. The molecule has 0 saturated carbocycles. The first-order valence-electron chi connectivity index (χ1n) is 6.05. The second kappa shape index (κ2) is 5.69. The molecule has 0 aliphatic carbocycles. The summed E-state index contributed by atoms with van der Waals surface area (Å²) in [5.74, 6) is -0.524. The molecule has 1 aliphatic heterocycles. The highest BCUT2D eigenvalue weighted by atomic mass is 32.2. The highest BCUT2D eigenvalue weighted by Crippen LogP contribution is 2.13. The van der Waals surface area contributed by atoms with E-state index in [0.717, 1.165) is 12.7 Å². The summed E-state index contributed by atoms with van der Waals surface area (Å²) in [6.45, 7) is 3.61. The third-order valence-electron chi connectivity index (χ3n) is 3.02. The molecule has 1 aliphatic rings. The lowest BCUT2D eigenvalue weighted by Gasteiger charge is -2.37. The van der Waals surface area contributed by atoms with E-state index < -0.39 is 21.9 Å². The number of hydrogen-bond donors (Lipinski definition) is 1. The van der Waals surface area contributed by atoms with Gasteiger partial charge in [0, 0.05) is 12.8 Å². The Morgan fingerprint density at radius 3 is 2.44 bits per heavy atom. The van der Waals surface area contributed by atoms with Gasteiger partial charge in [0.1, 0.15) is 21.9 Å². The molecule has 0 aromatic carbocycles. The topological polar surface area (TPSA) is 83.6 Å². The number of sulfone groups is 1. The monoisotopic (exact) mass is 276 g/mol. The minimum absolute atomic E-state index is 0.0759. The second-order valence-electron chi connectivity index (χ2n) is 4.69. The van der Waals surface area contributed by atoms with Crippen LogP contribution in [-0.2, 0) is 19.4 Å². The number of carbonyl (C=O) groups excluding carboxylic acids is 2. The minimum atomic E-state index is -3.14. The van der Waals surface area contributed by atoms with E-state index in [2.05, 4.69) is 5.32 Å². The molecule has 1 fully saturated rings. The van der Waals surface area contributed by atoms with Crippen molar-refractivity contribution in [1.29, 1.82) is 0 Å². The van der Waals surface area contributed by atoms with Crippen LogP contribution in [-0.4, -0.2) is 55.8 Å². The zero-order chi connectivity index (χ0) is 13.9. The van der Waals surface area contributed by atoms with Crippen molar-refractivity contribution < 1.29 is 18.0 Å². The number of carbonyl (C=O) groups is 2. The van der Waals surface area contributed by atoms with Gasteiger partial charge in [-0.1, -0.05) is 13.3 Å². The highest BCUT2D eigenvalue weighted by Gasteiger charge is 2.37. The van der Waals surface area contributed by atoms with Gasteiger partial charge in [-0.2, -0.15) is 0 Å². The van der Waals surface area contributed by atoms with Gasteiger partial charge in [0.05, 0.1) is 5.75 Å². The van der Waals surface area contributed by atoms with E-state index in [-0.39, 0.29) is 24.1 Å². The van der Waals surface area contributed by atoms with Crippen LogP contribution in [0.4, 0.5) is 0 Å². The zero-order valence-corrected chi connectivity index (χ0v) is 11.8. The third-order valence-corrected chi connectivity index (χ3v) is 3.95. The lowest BCUT2D eigenvalue weighted by Crippen LogP contribution is -2.62. The van der Waals surface area contributed by atoms with Crippen molar-refractivity contribution in [3.63, 3.8) is 0 Å². The Hall–Kier alpha value is -1.11. The predicted octanol–water partition coefficient (Wildman–Crippen LogP) is -0.453. The molecule has 7 heteroatoms. The lowest BCUT2D eigenvalue weighted by molar-refractivity contribution is -0.148. The van der Waals surface area contributed by atoms with Gasteiger partial charge in [0.25, 0.3) is 0 Å². The van der Waals surface area contributed by atoms with Crippen LogP contribution in [0.15, 0.2) is 0 Å². The first kappa shape index (κ1) is 14.9. The smallest absolute Gasteiger partial charge is 0.245 e. The fourth-order valence-electron chi connectivity index (χ4n) is 1.94. The minimum Gasteiger partial charge on any atom is -0.343 e. The Morgan fingerprint density at radius 2 is 1.94 bits per heavy atom. The molecule has 6 nitrogen and oxygen atoms in total. The molecule has 1 heterocycles. The van der Waals surface area contributed by atoms with E-state index in [1.165, 1.54) is 4.90 Å². The number of amides is 2. The quantitative estimate of drug-likeness (QED) is 0.737. The summed E-state index contributed by atoms with van der Waals surface area (Å²) in [6.07, 6.45) is 2.48. The molecule has 2 amide bonds. The summed E-state index contributed by atoms with van der Waals surface area (Å²) >= 11 is 0. The van der Waals surface area contributed by atoms with E-state index in [1.54, 1.807) is 6.92 Å². The highest BCUT2D eigenvalue weighted by molar-refractivity contribution is 7.90. The van der Waals surface area contributed by atoms with Crippen LogP contribution in [0.25, 0.3) is 0 Å². The van der Waals surface area contributed by atoms with Gasteiger partial charge in [0.2, 0.25) is 11.8 Å². The number of nitrogens with zero attached hydrogens (tertiary/aromatic N) is 1. The van der Waals surface area contributed by atoms with Crippen molar-refractivity contribution >= 4 is 21.7 Å². The Morgan fingerprint density at radius 1 is 1.33 bits per heavy atom. The number of rotatable bonds is 5. The molecule has 0 radical (unpaired) electrons. The largest absolute Gasteiger partial charge is 0.343 e. The molecule has 0 spiro atoms. The Bertz CT molecular complexity index is 432. The number of nitrogens with one attached hydrogen (secondary N) is 1.